The van der Waals surface area contributed by atoms with Gasteiger partial charge in [-0.05, 0) is 24.6 Å². The third-order valence-corrected chi connectivity index (χ3v) is 4.82. The van der Waals surface area contributed by atoms with Gasteiger partial charge in [0.2, 0.25) is 0 Å². The Morgan fingerprint density at radius 1 is 1.13 bits per heavy atom. The van der Waals surface area contributed by atoms with Crippen LogP contribution in [0.1, 0.15) is 55.6 Å². The molecule has 0 fully saturated rings. The van der Waals surface area contributed by atoms with Gasteiger partial charge in [0.15, 0.2) is 5.82 Å². The maximum absolute atomic E-state index is 12.6. The molecule has 4 aromatic rings. The summed E-state index contributed by atoms with van der Waals surface area (Å²) >= 11 is 0. The maximum atomic E-state index is 12.6. The predicted molar refractivity (Wildman–Crippen MR) is 116 cm³/mol. The van der Waals surface area contributed by atoms with Crippen molar-refractivity contribution in [3.63, 3.8) is 0 Å². The number of amides is 1. The number of hydrogen-bond donors (Lipinski definition) is 1. The van der Waals surface area contributed by atoms with Gasteiger partial charge in [-0.15, -0.1) is 0 Å². The van der Waals surface area contributed by atoms with Gasteiger partial charge in [-0.25, -0.2) is 9.97 Å². The largest absolute Gasteiger partial charge is 0.344 e. The summed E-state index contributed by atoms with van der Waals surface area (Å²) < 4.78 is 7.11. The van der Waals surface area contributed by atoms with Gasteiger partial charge in [-0.1, -0.05) is 56.3 Å². The quantitative estimate of drug-likeness (QED) is 0.526. The van der Waals surface area contributed by atoms with Crippen molar-refractivity contribution in [1.29, 1.82) is 0 Å². The van der Waals surface area contributed by atoms with Crippen LogP contribution in [0.15, 0.2) is 65.7 Å². The number of nitrogens with zero attached hydrogens (tertiary/aromatic N) is 5. The molecular formula is C23H24N6O2. The van der Waals surface area contributed by atoms with Crippen LogP contribution in [0.4, 0.5) is 0 Å². The number of rotatable bonds is 5. The van der Waals surface area contributed by atoms with Gasteiger partial charge in [0.1, 0.15) is 17.8 Å². The van der Waals surface area contributed by atoms with E-state index in [9.17, 15) is 4.79 Å². The molecule has 1 N–H and O–H groups in total. The molecule has 0 aliphatic heterocycles. The van der Waals surface area contributed by atoms with Crippen LogP contribution < -0.4 is 5.32 Å². The van der Waals surface area contributed by atoms with Gasteiger partial charge in [-0.2, -0.15) is 4.98 Å². The van der Waals surface area contributed by atoms with E-state index in [1.807, 2.05) is 64.1 Å². The minimum Gasteiger partial charge on any atom is -0.344 e. The van der Waals surface area contributed by atoms with Gasteiger partial charge < -0.3 is 9.84 Å². The molecule has 1 aromatic carbocycles. The normalized spacial score (nSPS) is 12.5. The van der Waals surface area contributed by atoms with Gasteiger partial charge in [0.25, 0.3) is 11.8 Å². The van der Waals surface area contributed by atoms with Crippen molar-refractivity contribution in [2.45, 2.75) is 39.2 Å². The summed E-state index contributed by atoms with van der Waals surface area (Å²) in [7, 11) is 0. The lowest BCUT2D eigenvalue weighted by Crippen LogP contribution is -2.26. The van der Waals surface area contributed by atoms with Crippen LogP contribution in [0.25, 0.3) is 17.3 Å². The molecule has 1 amide bonds. The first-order chi connectivity index (χ1) is 14.8. The Labute approximate surface area is 180 Å². The molecule has 0 aliphatic rings. The van der Waals surface area contributed by atoms with Crippen LogP contribution in [0.3, 0.4) is 0 Å². The zero-order valence-electron chi connectivity index (χ0n) is 17.9. The van der Waals surface area contributed by atoms with Crippen molar-refractivity contribution < 1.29 is 9.32 Å². The Hall–Kier alpha value is -3.81. The number of hydrogen-bond acceptors (Lipinski definition) is 6. The van der Waals surface area contributed by atoms with Crippen LogP contribution in [0.5, 0.6) is 0 Å². The zero-order valence-corrected chi connectivity index (χ0v) is 17.9. The molecule has 8 nitrogen and oxygen atoms in total. The number of imidazole rings is 1. The molecule has 0 radical (unpaired) electrons. The van der Waals surface area contributed by atoms with Crippen molar-refractivity contribution in [1.82, 2.24) is 30.0 Å². The standard InChI is InChI=1S/C23H24N6O2/c1-15(16-8-6-5-7-9-16)26-20(30)18-13-29(14-25-18)19-12-17(10-11-24-19)21-27-22(28-31-21)23(2,3)4/h5-15H,1-4H3,(H,26,30)/t15-/m1/s1. The van der Waals surface area contributed by atoms with E-state index in [1.54, 1.807) is 29.4 Å². The predicted octanol–water partition coefficient (Wildman–Crippen LogP) is 4.11. The van der Waals surface area contributed by atoms with Gasteiger partial charge in [0, 0.05) is 23.4 Å². The molecule has 8 heteroatoms. The van der Waals surface area contributed by atoms with E-state index in [-0.39, 0.29) is 17.4 Å². The average Bonchev–Trinajstić information content (AvgIpc) is 3.44. The van der Waals surface area contributed by atoms with Crippen LogP contribution in [0, 0.1) is 0 Å². The van der Waals surface area contributed by atoms with E-state index in [1.165, 1.54) is 0 Å². The lowest BCUT2D eigenvalue weighted by molar-refractivity contribution is 0.0935. The topological polar surface area (TPSA) is 98.7 Å². The van der Waals surface area contributed by atoms with Crippen molar-refractivity contribution in [2.24, 2.45) is 0 Å². The molecule has 3 heterocycles. The second-order valence-electron chi connectivity index (χ2n) is 8.35. The summed E-state index contributed by atoms with van der Waals surface area (Å²) in [6, 6.07) is 13.3. The summed E-state index contributed by atoms with van der Waals surface area (Å²) in [6.07, 6.45) is 4.86. The zero-order chi connectivity index (χ0) is 22.0. The number of aromatic nitrogens is 5. The molecule has 0 saturated heterocycles. The van der Waals surface area contributed by atoms with E-state index in [0.717, 1.165) is 11.1 Å². The Bertz CT molecular complexity index is 1190. The molecule has 0 aliphatic carbocycles. The fourth-order valence-corrected chi connectivity index (χ4v) is 3.00. The first kappa shape index (κ1) is 20.5. The van der Waals surface area contributed by atoms with Crippen molar-refractivity contribution in [3.05, 3.63) is 78.3 Å². The maximum Gasteiger partial charge on any atom is 0.271 e. The molecule has 0 unspecified atom stereocenters. The fraction of sp³-hybridized carbons (Fsp3) is 0.261. The third kappa shape index (κ3) is 4.53. The van der Waals surface area contributed by atoms with Crippen LogP contribution >= 0.6 is 0 Å². The Morgan fingerprint density at radius 3 is 2.61 bits per heavy atom. The highest BCUT2D eigenvalue weighted by molar-refractivity contribution is 5.92. The highest BCUT2D eigenvalue weighted by Crippen LogP contribution is 2.24. The molecule has 31 heavy (non-hydrogen) atoms. The Kier molecular flexibility index (Phi) is 5.37. The molecule has 158 valence electrons. The molecule has 0 bridgehead atoms. The Balaban J connectivity index is 1.52. The summed E-state index contributed by atoms with van der Waals surface area (Å²) in [5.41, 5.74) is 1.87. The van der Waals surface area contributed by atoms with E-state index in [2.05, 4.69) is 25.4 Å². The SMILES string of the molecule is C[C@@H](NC(=O)c1cn(-c2cc(-c3nc(C(C)(C)C)no3)ccn2)cn1)c1ccccc1. The summed E-state index contributed by atoms with van der Waals surface area (Å²) in [5.74, 6) is 1.40. The summed E-state index contributed by atoms with van der Waals surface area (Å²) in [4.78, 5) is 25.7. The summed E-state index contributed by atoms with van der Waals surface area (Å²) in [5, 5.41) is 7.03. The summed E-state index contributed by atoms with van der Waals surface area (Å²) in [6.45, 7) is 8.01. The van der Waals surface area contributed by atoms with E-state index in [4.69, 9.17) is 4.52 Å². The second-order valence-corrected chi connectivity index (χ2v) is 8.35. The average molecular weight is 416 g/mol. The second kappa shape index (κ2) is 8.14. The van der Waals surface area contributed by atoms with E-state index >= 15 is 0 Å². The van der Waals surface area contributed by atoms with Crippen LogP contribution in [-0.4, -0.2) is 30.6 Å². The van der Waals surface area contributed by atoms with Crippen molar-refractivity contribution in [2.75, 3.05) is 0 Å². The van der Waals surface area contributed by atoms with Gasteiger partial charge in [-0.3, -0.25) is 9.36 Å². The minimum absolute atomic E-state index is 0.130. The first-order valence-corrected chi connectivity index (χ1v) is 10.0. The number of carbonyl (C=O) groups is 1. The fourth-order valence-electron chi connectivity index (χ4n) is 3.00. The highest BCUT2D eigenvalue weighted by Gasteiger charge is 2.22. The minimum atomic E-state index is -0.252. The molecule has 1 atom stereocenters. The van der Waals surface area contributed by atoms with Crippen molar-refractivity contribution in [3.8, 4) is 17.3 Å². The molecule has 3 aromatic heterocycles. The molecule has 0 spiro atoms. The highest BCUT2D eigenvalue weighted by atomic mass is 16.5. The van der Waals surface area contributed by atoms with Crippen molar-refractivity contribution >= 4 is 5.91 Å². The van der Waals surface area contributed by atoms with Crippen LogP contribution in [0.2, 0.25) is 0 Å². The number of benzene rings is 1. The van der Waals surface area contributed by atoms with Gasteiger partial charge in [0.05, 0.1) is 6.04 Å². The molecule has 4 rings (SSSR count). The van der Waals surface area contributed by atoms with Gasteiger partial charge >= 0.3 is 0 Å². The number of pyridine rings is 1. The first-order valence-electron chi connectivity index (χ1n) is 10.0. The smallest absolute Gasteiger partial charge is 0.271 e. The van der Waals surface area contributed by atoms with E-state index < -0.39 is 0 Å². The number of nitrogens with one attached hydrogen (secondary N) is 1. The third-order valence-electron chi connectivity index (χ3n) is 4.82. The molecular weight excluding hydrogens is 392 g/mol. The molecule has 0 saturated carbocycles. The van der Waals surface area contributed by atoms with E-state index in [0.29, 0.717) is 23.2 Å². The Morgan fingerprint density at radius 2 is 1.90 bits per heavy atom. The van der Waals surface area contributed by atoms with Crippen LogP contribution in [-0.2, 0) is 5.41 Å². The monoisotopic (exact) mass is 416 g/mol. The lowest BCUT2D eigenvalue weighted by Gasteiger charge is -2.13. The number of carbonyl (C=O) groups excluding carboxylic acids is 1. The lowest BCUT2D eigenvalue weighted by atomic mass is 9.96.